The van der Waals surface area contributed by atoms with Crippen molar-refractivity contribution in [3.05, 3.63) is 84.5 Å². The van der Waals surface area contributed by atoms with Crippen molar-refractivity contribution in [1.29, 1.82) is 0 Å². The molecule has 1 amide bonds. The number of para-hydroxylation sites is 1. The van der Waals surface area contributed by atoms with Crippen molar-refractivity contribution in [1.82, 2.24) is 9.47 Å². The third-order valence-electron chi connectivity index (χ3n) is 6.60. The largest absolute Gasteiger partial charge is 0.497 e. The van der Waals surface area contributed by atoms with Gasteiger partial charge in [-0.05, 0) is 65.0 Å². The summed E-state index contributed by atoms with van der Waals surface area (Å²) in [6, 6.07) is 12.3. The molecule has 0 N–H and O–H groups in total. The summed E-state index contributed by atoms with van der Waals surface area (Å²) in [6.07, 6.45) is 1.81. The number of carbonyl (C=O) groups is 1. The summed E-state index contributed by atoms with van der Waals surface area (Å²) in [5, 5.41) is 0. The van der Waals surface area contributed by atoms with E-state index in [1.807, 2.05) is 71.0 Å². The van der Waals surface area contributed by atoms with Crippen LogP contribution in [0.15, 0.2) is 63.5 Å². The number of methoxy groups -OCH3 is 2. The zero-order valence-corrected chi connectivity index (χ0v) is 24.3. The highest BCUT2D eigenvalue weighted by Gasteiger charge is 2.36. The molecule has 9 heteroatoms. The van der Waals surface area contributed by atoms with Crippen molar-refractivity contribution in [2.45, 2.75) is 46.8 Å². The Hall–Kier alpha value is -3.85. The van der Waals surface area contributed by atoms with Crippen molar-refractivity contribution in [3.8, 4) is 17.2 Å². The van der Waals surface area contributed by atoms with Gasteiger partial charge in [0.05, 0.1) is 36.1 Å². The Balaban J connectivity index is 2.01. The lowest BCUT2D eigenvalue weighted by Crippen LogP contribution is -2.43. The van der Waals surface area contributed by atoms with Crippen LogP contribution in [-0.2, 0) is 4.79 Å². The summed E-state index contributed by atoms with van der Waals surface area (Å²) in [7, 11) is 3.15. The summed E-state index contributed by atoms with van der Waals surface area (Å²) < 4.78 is 19.3. The number of thiazole rings is 1. The lowest BCUT2D eigenvalue weighted by Gasteiger charge is -2.30. The predicted molar refractivity (Wildman–Crippen MR) is 153 cm³/mol. The second-order valence-electron chi connectivity index (χ2n) is 9.37. The first-order valence-corrected chi connectivity index (χ1v) is 13.8. The van der Waals surface area contributed by atoms with Crippen LogP contribution in [0.5, 0.6) is 17.2 Å². The van der Waals surface area contributed by atoms with Crippen LogP contribution in [0.25, 0.3) is 6.08 Å². The summed E-state index contributed by atoms with van der Waals surface area (Å²) in [5.74, 6) is 1.67. The van der Waals surface area contributed by atoms with Gasteiger partial charge in [0.25, 0.3) is 11.5 Å². The van der Waals surface area contributed by atoms with Crippen molar-refractivity contribution in [2.75, 3.05) is 27.3 Å². The fraction of sp³-hybridized carbons (Fsp3) is 0.367. The number of ether oxygens (including phenoxy) is 3. The SMILES string of the molecule is CCN(CC)C(=O)C1=C(C)N=c2s/c(=C/c3ccccc3OC(C)C)c(=O)n2[C@@H]1c1cc(OC)ccc1OC. The Morgan fingerprint density at radius 1 is 1.10 bits per heavy atom. The molecule has 0 spiro atoms. The number of hydrogen-bond donors (Lipinski definition) is 0. The number of nitrogens with zero attached hydrogens (tertiary/aromatic N) is 3. The van der Waals surface area contributed by atoms with Crippen molar-refractivity contribution < 1.29 is 19.0 Å². The average Bonchev–Trinajstić information content (AvgIpc) is 3.22. The van der Waals surface area contributed by atoms with Crippen LogP contribution in [-0.4, -0.2) is 48.8 Å². The maximum atomic E-state index is 14.1. The average molecular weight is 550 g/mol. The molecule has 2 aromatic carbocycles. The molecule has 4 rings (SSSR count). The van der Waals surface area contributed by atoms with Gasteiger partial charge in [0.2, 0.25) is 0 Å². The van der Waals surface area contributed by atoms with E-state index in [1.54, 1.807) is 35.8 Å². The van der Waals surface area contributed by atoms with E-state index in [4.69, 9.17) is 19.2 Å². The smallest absolute Gasteiger partial charge is 0.271 e. The zero-order valence-electron chi connectivity index (χ0n) is 23.5. The molecule has 0 aliphatic carbocycles. The number of aromatic nitrogens is 1. The van der Waals surface area contributed by atoms with Gasteiger partial charge < -0.3 is 19.1 Å². The van der Waals surface area contributed by atoms with E-state index in [0.29, 0.717) is 56.5 Å². The minimum absolute atomic E-state index is 0.0161. The number of allylic oxidation sites excluding steroid dienone is 1. The number of fused-ring (bicyclic) bond motifs is 1. The Kier molecular flexibility index (Phi) is 8.60. The number of hydrogen-bond acceptors (Lipinski definition) is 7. The molecule has 1 atom stereocenters. The monoisotopic (exact) mass is 549 g/mol. The zero-order chi connectivity index (χ0) is 28.3. The van der Waals surface area contributed by atoms with E-state index < -0.39 is 6.04 Å². The van der Waals surface area contributed by atoms with Crippen LogP contribution in [0, 0.1) is 0 Å². The topological polar surface area (TPSA) is 82.4 Å². The molecule has 0 fully saturated rings. The molecular formula is C30H35N3O5S. The fourth-order valence-corrected chi connectivity index (χ4v) is 5.76. The quantitative estimate of drug-likeness (QED) is 0.404. The van der Waals surface area contributed by atoms with Gasteiger partial charge in [0.1, 0.15) is 23.3 Å². The molecule has 1 aliphatic heterocycles. The normalized spacial score (nSPS) is 15.2. The number of amides is 1. The van der Waals surface area contributed by atoms with Gasteiger partial charge in [-0.1, -0.05) is 29.5 Å². The number of benzene rings is 2. The van der Waals surface area contributed by atoms with E-state index in [2.05, 4.69) is 0 Å². The molecule has 2 heterocycles. The molecule has 0 saturated heterocycles. The lowest BCUT2D eigenvalue weighted by atomic mass is 9.93. The Labute approximate surface area is 232 Å². The highest BCUT2D eigenvalue weighted by Crippen LogP contribution is 2.38. The number of carbonyl (C=O) groups excluding carboxylic acids is 1. The maximum absolute atomic E-state index is 14.1. The second-order valence-corrected chi connectivity index (χ2v) is 10.4. The minimum Gasteiger partial charge on any atom is -0.497 e. The second kappa shape index (κ2) is 11.9. The van der Waals surface area contributed by atoms with Crippen molar-refractivity contribution in [2.24, 2.45) is 4.99 Å². The van der Waals surface area contributed by atoms with Crippen molar-refractivity contribution in [3.63, 3.8) is 0 Å². The van der Waals surface area contributed by atoms with Gasteiger partial charge in [0, 0.05) is 24.2 Å². The van der Waals surface area contributed by atoms with Gasteiger partial charge in [-0.2, -0.15) is 0 Å². The van der Waals surface area contributed by atoms with E-state index in [-0.39, 0.29) is 17.6 Å². The maximum Gasteiger partial charge on any atom is 0.271 e. The fourth-order valence-electron chi connectivity index (χ4n) is 4.73. The van der Waals surface area contributed by atoms with Crippen LogP contribution in [0.3, 0.4) is 0 Å². The van der Waals surface area contributed by atoms with E-state index >= 15 is 0 Å². The standard InChI is InChI=1S/C30H35N3O5S/c1-8-32(9-2)29(35)26-19(5)31-30-33(27(26)22-17-21(36-6)14-15-24(22)37-7)28(34)25(39-30)16-20-12-10-11-13-23(20)38-18(3)4/h10-18,27H,8-9H2,1-7H3/b25-16+/t27-/m1/s1. The lowest BCUT2D eigenvalue weighted by molar-refractivity contribution is -0.127. The molecular weight excluding hydrogens is 514 g/mol. The van der Waals surface area contributed by atoms with Crippen LogP contribution < -0.4 is 29.1 Å². The molecule has 39 heavy (non-hydrogen) atoms. The molecule has 0 bridgehead atoms. The molecule has 0 radical (unpaired) electrons. The first-order chi connectivity index (χ1) is 18.7. The molecule has 3 aromatic rings. The van der Waals surface area contributed by atoms with Crippen LogP contribution in [0.1, 0.15) is 51.8 Å². The van der Waals surface area contributed by atoms with Gasteiger partial charge in [0.15, 0.2) is 4.80 Å². The summed E-state index contributed by atoms with van der Waals surface area (Å²) in [4.78, 5) is 35.0. The molecule has 8 nitrogen and oxygen atoms in total. The predicted octanol–water partition coefficient (Wildman–Crippen LogP) is 3.91. The molecule has 1 aliphatic rings. The molecule has 206 valence electrons. The van der Waals surface area contributed by atoms with E-state index in [0.717, 1.165) is 5.56 Å². The van der Waals surface area contributed by atoms with Gasteiger partial charge in [-0.3, -0.25) is 14.2 Å². The van der Waals surface area contributed by atoms with E-state index in [9.17, 15) is 9.59 Å². The van der Waals surface area contributed by atoms with Gasteiger partial charge in [-0.15, -0.1) is 0 Å². The third-order valence-corrected chi connectivity index (χ3v) is 7.59. The molecule has 1 aromatic heterocycles. The number of likely N-dealkylation sites (N-methyl/N-ethyl adjacent to an activating group) is 1. The van der Waals surface area contributed by atoms with Gasteiger partial charge in [-0.25, -0.2) is 4.99 Å². The first-order valence-electron chi connectivity index (χ1n) is 13.0. The van der Waals surface area contributed by atoms with E-state index in [1.165, 1.54) is 11.3 Å². The van der Waals surface area contributed by atoms with Crippen molar-refractivity contribution >= 4 is 23.3 Å². The highest BCUT2D eigenvalue weighted by atomic mass is 32.1. The first kappa shape index (κ1) is 28.2. The van der Waals surface area contributed by atoms with Gasteiger partial charge >= 0.3 is 0 Å². The van der Waals surface area contributed by atoms with Crippen LogP contribution in [0.4, 0.5) is 0 Å². The Bertz CT molecular complexity index is 1580. The third kappa shape index (κ3) is 5.49. The van der Waals surface area contributed by atoms with Crippen LogP contribution in [0.2, 0.25) is 0 Å². The molecule has 0 unspecified atom stereocenters. The minimum atomic E-state index is -0.747. The highest BCUT2D eigenvalue weighted by molar-refractivity contribution is 7.07. The number of rotatable bonds is 9. The van der Waals surface area contributed by atoms with Crippen LogP contribution >= 0.6 is 11.3 Å². The summed E-state index contributed by atoms with van der Waals surface area (Å²) in [6.45, 7) is 10.7. The summed E-state index contributed by atoms with van der Waals surface area (Å²) >= 11 is 1.29. The summed E-state index contributed by atoms with van der Waals surface area (Å²) in [5.41, 5.74) is 2.20. The Morgan fingerprint density at radius 2 is 1.82 bits per heavy atom. The molecule has 0 saturated carbocycles. The Morgan fingerprint density at radius 3 is 2.46 bits per heavy atom.